The number of carbonyl (C=O) groups is 3. The zero-order valence-corrected chi connectivity index (χ0v) is 17.6. The van der Waals surface area contributed by atoms with Gasteiger partial charge >= 0.3 is 0 Å². The van der Waals surface area contributed by atoms with Gasteiger partial charge in [-0.05, 0) is 62.1 Å². The van der Waals surface area contributed by atoms with Gasteiger partial charge in [-0.15, -0.1) is 0 Å². The fourth-order valence-electron chi connectivity index (χ4n) is 4.20. The molecule has 0 aliphatic carbocycles. The summed E-state index contributed by atoms with van der Waals surface area (Å²) in [5.74, 6) is -1.69. The van der Waals surface area contributed by atoms with E-state index in [-0.39, 0.29) is 36.4 Å². The molecule has 0 spiro atoms. The Morgan fingerprint density at radius 3 is 2.58 bits per heavy atom. The minimum atomic E-state index is -0.588. The lowest BCUT2D eigenvalue weighted by molar-refractivity contribution is -0.122. The zero-order valence-electron chi connectivity index (χ0n) is 17.6. The molecule has 0 radical (unpaired) electrons. The fourth-order valence-corrected chi connectivity index (χ4v) is 4.20. The van der Waals surface area contributed by atoms with E-state index in [9.17, 15) is 18.8 Å². The van der Waals surface area contributed by atoms with Gasteiger partial charge in [-0.2, -0.15) is 0 Å². The molecule has 31 heavy (non-hydrogen) atoms. The lowest BCUT2D eigenvalue weighted by atomic mass is 10.1. The van der Waals surface area contributed by atoms with Crippen molar-refractivity contribution in [3.05, 3.63) is 59.4 Å². The standard InChI is InChI=1S/C24H26FN3O3/c1-16-8-9-21(20(25)12-16)28-15-18(14-22(28)29)23(30)26-19-7-5-6-17(13-19)24(31)27-10-3-2-4-11-27/h5-9,12-13,18H,2-4,10-11,14-15H2,1H3,(H,26,30). The molecule has 162 valence electrons. The van der Waals surface area contributed by atoms with Gasteiger partial charge in [-0.3, -0.25) is 14.4 Å². The molecule has 7 heteroatoms. The van der Waals surface area contributed by atoms with Crippen LogP contribution in [0.1, 0.15) is 41.6 Å². The molecule has 1 N–H and O–H groups in total. The Hall–Kier alpha value is -3.22. The summed E-state index contributed by atoms with van der Waals surface area (Å²) in [4.78, 5) is 41.1. The van der Waals surface area contributed by atoms with E-state index < -0.39 is 11.7 Å². The van der Waals surface area contributed by atoms with Gasteiger partial charge in [0.1, 0.15) is 5.82 Å². The zero-order chi connectivity index (χ0) is 22.0. The Kier molecular flexibility index (Phi) is 6.02. The van der Waals surface area contributed by atoms with Crippen LogP contribution >= 0.6 is 0 Å². The first-order valence-electron chi connectivity index (χ1n) is 10.7. The van der Waals surface area contributed by atoms with Crippen molar-refractivity contribution in [3.8, 4) is 0 Å². The van der Waals surface area contributed by atoms with E-state index in [1.807, 2.05) is 4.90 Å². The molecule has 2 fully saturated rings. The first kappa shape index (κ1) is 21.0. The molecule has 1 unspecified atom stereocenters. The maximum Gasteiger partial charge on any atom is 0.253 e. The largest absolute Gasteiger partial charge is 0.339 e. The second-order valence-electron chi connectivity index (χ2n) is 8.28. The number of nitrogens with one attached hydrogen (secondary N) is 1. The van der Waals surface area contributed by atoms with E-state index in [1.54, 1.807) is 43.3 Å². The summed E-state index contributed by atoms with van der Waals surface area (Å²) >= 11 is 0. The molecule has 4 rings (SSSR count). The Bertz CT molecular complexity index is 1020. The highest BCUT2D eigenvalue weighted by molar-refractivity contribution is 6.04. The molecular formula is C24H26FN3O3. The van der Waals surface area contributed by atoms with Crippen LogP contribution < -0.4 is 10.2 Å². The predicted octanol–water partition coefficient (Wildman–Crippen LogP) is 3.75. The van der Waals surface area contributed by atoms with Crippen LogP contribution in [0.2, 0.25) is 0 Å². The summed E-state index contributed by atoms with van der Waals surface area (Å²) in [5, 5.41) is 2.82. The lowest BCUT2D eigenvalue weighted by Gasteiger charge is -2.26. The molecule has 2 aromatic rings. The summed E-state index contributed by atoms with van der Waals surface area (Å²) < 4.78 is 14.3. The normalized spacial score (nSPS) is 18.9. The van der Waals surface area contributed by atoms with E-state index in [0.717, 1.165) is 37.9 Å². The minimum absolute atomic E-state index is 0.0194. The van der Waals surface area contributed by atoms with Crippen LogP contribution in [0.3, 0.4) is 0 Å². The third kappa shape index (κ3) is 4.60. The van der Waals surface area contributed by atoms with Gasteiger partial charge in [0, 0.05) is 37.3 Å². The van der Waals surface area contributed by atoms with E-state index in [1.165, 1.54) is 11.0 Å². The number of likely N-dealkylation sites (tertiary alicyclic amines) is 1. The van der Waals surface area contributed by atoms with Crippen molar-refractivity contribution in [1.29, 1.82) is 0 Å². The maximum absolute atomic E-state index is 14.3. The summed E-state index contributed by atoms with van der Waals surface area (Å²) in [6.07, 6.45) is 3.18. The van der Waals surface area contributed by atoms with Gasteiger partial charge in [0.05, 0.1) is 11.6 Å². The van der Waals surface area contributed by atoms with Crippen LogP contribution in [-0.4, -0.2) is 42.3 Å². The molecular weight excluding hydrogens is 397 g/mol. The van der Waals surface area contributed by atoms with E-state index >= 15 is 0 Å². The van der Waals surface area contributed by atoms with Crippen molar-refractivity contribution in [1.82, 2.24) is 4.90 Å². The van der Waals surface area contributed by atoms with Gasteiger partial charge < -0.3 is 15.1 Å². The van der Waals surface area contributed by atoms with Gasteiger partial charge in [0.15, 0.2) is 0 Å². The van der Waals surface area contributed by atoms with Crippen molar-refractivity contribution < 1.29 is 18.8 Å². The quantitative estimate of drug-likeness (QED) is 0.814. The van der Waals surface area contributed by atoms with E-state index in [0.29, 0.717) is 11.3 Å². The second-order valence-corrected chi connectivity index (χ2v) is 8.28. The topological polar surface area (TPSA) is 69.7 Å². The van der Waals surface area contributed by atoms with Crippen LogP contribution in [-0.2, 0) is 9.59 Å². The van der Waals surface area contributed by atoms with E-state index in [2.05, 4.69) is 5.32 Å². The van der Waals surface area contributed by atoms with Crippen LogP contribution in [0.15, 0.2) is 42.5 Å². The molecule has 3 amide bonds. The average molecular weight is 423 g/mol. The number of rotatable bonds is 4. The number of carbonyl (C=O) groups excluding carboxylic acids is 3. The summed E-state index contributed by atoms with van der Waals surface area (Å²) in [6, 6.07) is 11.6. The number of halogens is 1. The molecule has 2 heterocycles. The molecule has 2 aliphatic heterocycles. The van der Waals surface area contributed by atoms with E-state index in [4.69, 9.17) is 0 Å². The predicted molar refractivity (Wildman–Crippen MR) is 116 cm³/mol. The van der Waals surface area contributed by atoms with Gasteiger partial charge in [0.25, 0.3) is 5.91 Å². The Balaban J connectivity index is 1.43. The Labute approximate surface area is 181 Å². The number of benzene rings is 2. The third-order valence-electron chi connectivity index (χ3n) is 5.91. The smallest absolute Gasteiger partial charge is 0.253 e. The van der Waals surface area contributed by atoms with Crippen molar-refractivity contribution >= 4 is 29.1 Å². The van der Waals surface area contributed by atoms with Gasteiger partial charge in [-0.25, -0.2) is 4.39 Å². The molecule has 2 aliphatic rings. The number of nitrogens with zero attached hydrogens (tertiary/aromatic N) is 2. The molecule has 0 saturated carbocycles. The lowest BCUT2D eigenvalue weighted by Crippen LogP contribution is -2.35. The van der Waals surface area contributed by atoms with Crippen molar-refractivity contribution in [3.63, 3.8) is 0 Å². The van der Waals surface area contributed by atoms with Crippen LogP contribution in [0, 0.1) is 18.7 Å². The van der Waals surface area contributed by atoms with Crippen LogP contribution in [0.5, 0.6) is 0 Å². The number of hydrogen-bond donors (Lipinski definition) is 1. The molecule has 6 nitrogen and oxygen atoms in total. The van der Waals surface area contributed by atoms with Gasteiger partial charge in [-0.1, -0.05) is 12.1 Å². The van der Waals surface area contributed by atoms with Crippen molar-refractivity contribution in [2.45, 2.75) is 32.6 Å². The number of aryl methyl sites for hydroxylation is 1. The molecule has 1 atom stereocenters. The SMILES string of the molecule is Cc1ccc(N2CC(C(=O)Nc3cccc(C(=O)N4CCCCC4)c3)CC2=O)c(F)c1. The number of hydrogen-bond acceptors (Lipinski definition) is 3. The number of anilines is 2. The summed E-state index contributed by atoms with van der Waals surface area (Å²) in [5.41, 5.74) is 2.01. The molecule has 2 saturated heterocycles. The maximum atomic E-state index is 14.3. The van der Waals surface area contributed by atoms with Gasteiger partial charge in [0.2, 0.25) is 11.8 Å². The van der Waals surface area contributed by atoms with Crippen molar-refractivity contribution in [2.24, 2.45) is 5.92 Å². The Morgan fingerprint density at radius 2 is 1.84 bits per heavy atom. The highest BCUT2D eigenvalue weighted by Crippen LogP contribution is 2.29. The minimum Gasteiger partial charge on any atom is -0.339 e. The monoisotopic (exact) mass is 423 g/mol. The highest BCUT2D eigenvalue weighted by atomic mass is 19.1. The molecule has 0 bridgehead atoms. The second kappa shape index (κ2) is 8.88. The average Bonchev–Trinajstić information content (AvgIpc) is 3.15. The Morgan fingerprint density at radius 1 is 1.06 bits per heavy atom. The summed E-state index contributed by atoms with van der Waals surface area (Å²) in [6.45, 7) is 3.41. The highest BCUT2D eigenvalue weighted by Gasteiger charge is 2.36. The number of amides is 3. The van der Waals surface area contributed by atoms with Crippen LogP contribution in [0.4, 0.5) is 15.8 Å². The molecule has 2 aromatic carbocycles. The first-order chi connectivity index (χ1) is 14.9. The number of piperidine rings is 1. The van der Waals surface area contributed by atoms with Crippen molar-refractivity contribution in [2.75, 3.05) is 29.9 Å². The van der Waals surface area contributed by atoms with Crippen LogP contribution in [0.25, 0.3) is 0 Å². The fraction of sp³-hybridized carbons (Fsp3) is 0.375. The third-order valence-corrected chi connectivity index (χ3v) is 5.91. The summed E-state index contributed by atoms with van der Waals surface area (Å²) in [7, 11) is 0. The molecule has 0 aromatic heterocycles. The first-order valence-corrected chi connectivity index (χ1v) is 10.7.